The molecule has 0 radical (unpaired) electrons. The SMILES string of the molecule is COC(=O)C1=C2CCC3=C2[C@]2(C1)C1(COC(C)=O)C(CC3)CN3C[C@@H](C)C(CC1OC(C)=O)C32O. The van der Waals surface area contributed by atoms with E-state index in [1.54, 1.807) is 0 Å². The number of carbonyl (C=O) groups excluding carboxylic acids is 3. The predicted octanol–water partition coefficient (Wildman–Crippen LogP) is 2.50. The Morgan fingerprint density at radius 3 is 2.57 bits per heavy atom. The second-order valence-corrected chi connectivity index (χ2v) is 11.6. The van der Waals surface area contributed by atoms with Gasteiger partial charge in [0.1, 0.15) is 18.4 Å². The smallest absolute Gasteiger partial charge is 0.334 e. The van der Waals surface area contributed by atoms with Crippen LogP contribution < -0.4 is 0 Å². The van der Waals surface area contributed by atoms with E-state index in [2.05, 4.69) is 11.8 Å². The molecule has 6 rings (SSSR count). The van der Waals surface area contributed by atoms with E-state index >= 15 is 0 Å². The Kier molecular flexibility index (Phi) is 4.92. The highest BCUT2D eigenvalue weighted by Crippen LogP contribution is 2.78. The zero-order valence-electron chi connectivity index (χ0n) is 21.0. The third kappa shape index (κ3) is 2.57. The molecule has 190 valence electrons. The molecular weight excluding hydrogens is 450 g/mol. The monoisotopic (exact) mass is 485 g/mol. The quantitative estimate of drug-likeness (QED) is 0.479. The van der Waals surface area contributed by atoms with Crippen molar-refractivity contribution in [3.63, 3.8) is 0 Å². The molecule has 7 atom stereocenters. The van der Waals surface area contributed by atoms with Gasteiger partial charge < -0.3 is 19.3 Å². The molecule has 0 aromatic heterocycles. The summed E-state index contributed by atoms with van der Waals surface area (Å²) in [5, 5.41) is 13.0. The zero-order valence-corrected chi connectivity index (χ0v) is 21.0. The molecule has 0 aromatic rings. The van der Waals surface area contributed by atoms with E-state index in [1.807, 2.05) is 0 Å². The maximum atomic E-state index is 13.1. The van der Waals surface area contributed by atoms with Crippen LogP contribution in [0.5, 0.6) is 0 Å². The minimum Gasteiger partial charge on any atom is -0.466 e. The molecule has 1 spiro atoms. The molecular formula is C27H35NO7. The minimum absolute atomic E-state index is 0.0292. The average Bonchev–Trinajstić information content (AvgIpc) is 3.42. The summed E-state index contributed by atoms with van der Waals surface area (Å²) in [5.41, 5.74) is 1.03. The van der Waals surface area contributed by atoms with Crippen LogP contribution >= 0.6 is 0 Å². The minimum atomic E-state index is -1.23. The molecule has 8 nitrogen and oxygen atoms in total. The summed E-state index contributed by atoms with van der Waals surface area (Å²) in [6, 6.07) is 0. The van der Waals surface area contributed by atoms with Gasteiger partial charge in [0.25, 0.3) is 0 Å². The number of hydrogen-bond donors (Lipinski definition) is 1. The molecule has 0 aromatic carbocycles. The predicted molar refractivity (Wildman–Crippen MR) is 123 cm³/mol. The van der Waals surface area contributed by atoms with Crippen LogP contribution in [0, 0.1) is 28.6 Å². The van der Waals surface area contributed by atoms with Gasteiger partial charge in [-0.3, -0.25) is 14.5 Å². The number of allylic oxidation sites excluding steroid dienone is 2. The molecule has 2 saturated heterocycles. The Bertz CT molecular complexity index is 1090. The molecule has 1 N–H and O–H groups in total. The maximum absolute atomic E-state index is 13.1. The van der Waals surface area contributed by atoms with Crippen LogP contribution in [0.4, 0.5) is 0 Å². The lowest BCUT2D eigenvalue weighted by molar-refractivity contribution is -0.332. The molecule has 4 aliphatic carbocycles. The fourth-order valence-corrected chi connectivity index (χ4v) is 9.49. The summed E-state index contributed by atoms with van der Waals surface area (Å²) in [4.78, 5) is 40.0. The molecule has 5 unspecified atom stereocenters. The van der Waals surface area contributed by atoms with Crippen LogP contribution in [0.1, 0.15) is 59.3 Å². The Labute approximate surface area is 205 Å². The topological polar surface area (TPSA) is 102 Å². The zero-order chi connectivity index (χ0) is 24.9. The molecule has 0 amide bonds. The highest BCUT2D eigenvalue weighted by molar-refractivity contribution is 5.93. The molecule has 3 fully saturated rings. The normalized spacial score (nSPS) is 43.1. The summed E-state index contributed by atoms with van der Waals surface area (Å²) in [6.45, 7) is 6.44. The van der Waals surface area contributed by atoms with E-state index in [9.17, 15) is 19.5 Å². The molecule has 35 heavy (non-hydrogen) atoms. The van der Waals surface area contributed by atoms with E-state index in [0.717, 1.165) is 43.4 Å². The molecule has 2 aliphatic heterocycles. The van der Waals surface area contributed by atoms with Crippen molar-refractivity contribution in [2.45, 2.75) is 71.1 Å². The number of rotatable bonds is 4. The molecule has 6 aliphatic rings. The first-order chi connectivity index (χ1) is 16.6. The van der Waals surface area contributed by atoms with Crippen LogP contribution in [0.25, 0.3) is 0 Å². The highest BCUT2D eigenvalue weighted by atomic mass is 16.6. The van der Waals surface area contributed by atoms with Gasteiger partial charge >= 0.3 is 17.9 Å². The Hall–Kier alpha value is -2.19. The summed E-state index contributed by atoms with van der Waals surface area (Å²) in [6.07, 6.45) is 3.66. The van der Waals surface area contributed by atoms with Crippen molar-refractivity contribution in [3.05, 3.63) is 22.3 Å². The highest BCUT2D eigenvalue weighted by Gasteiger charge is 2.83. The molecule has 8 heteroatoms. The van der Waals surface area contributed by atoms with Gasteiger partial charge in [0.05, 0.1) is 17.9 Å². The number of hydrogen-bond acceptors (Lipinski definition) is 8. The summed E-state index contributed by atoms with van der Waals surface area (Å²) in [7, 11) is 1.40. The first kappa shape index (κ1) is 23.2. The third-order valence-corrected chi connectivity index (χ3v) is 10.4. The van der Waals surface area contributed by atoms with Crippen molar-refractivity contribution in [3.8, 4) is 0 Å². The van der Waals surface area contributed by atoms with Crippen LogP contribution in [-0.4, -0.2) is 66.5 Å². The maximum Gasteiger partial charge on any atom is 0.334 e. The van der Waals surface area contributed by atoms with Gasteiger partial charge in [-0.25, -0.2) is 4.79 Å². The van der Waals surface area contributed by atoms with Gasteiger partial charge in [-0.1, -0.05) is 12.5 Å². The van der Waals surface area contributed by atoms with E-state index in [1.165, 1.54) is 26.5 Å². The number of esters is 3. The van der Waals surface area contributed by atoms with Crippen LogP contribution in [0.3, 0.4) is 0 Å². The van der Waals surface area contributed by atoms with E-state index in [0.29, 0.717) is 25.0 Å². The Morgan fingerprint density at radius 1 is 1.11 bits per heavy atom. The van der Waals surface area contributed by atoms with E-state index < -0.39 is 28.6 Å². The summed E-state index contributed by atoms with van der Waals surface area (Å²) in [5.74, 6) is -1.04. The van der Waals surface area contributed by atoms with Crippen molar-refractivity contribution < 1.29 is 33.7 Å². The summed E-state index contributed by atoms with van der Waals surface area (Å²) >= 11 is 0. The second kappa shape index (κ2) is 7.42. The molecule has 1 saturated carbocycles. The lowest BCUT2D eigenvalue weighted by Gasteiger charge is -2.70. The van der Waals surface area contributed by atoms with Gasteiger partial charge in [-0.15, -0.1) is 0 Å². The van der Waals surface area contributed by atoms with Crippen molar-refractivity contribution in [2.24, 2.45) is 28.6 Å². The fourth-order valence-electron chi connectivity index (χ4n) is 9.49. The average molecular weight is 486 g/mol. The van der Waals surface area contributed by atoms with Gasteiger partial charge in [0.15, 0.2) is 0 Å². The third-order valence-electron chi connectivity index (χ3n) is 10.4. The van der Waals surface area contributed by atoms with Crippen molar-refractivity contribution in [1.82, 2.24) is 4.90 Å². The lowest BCUT2D eigenvalue weighted by Crippen LogP contribution is -2.79. The van der Waals surface area contributed by atoms with Crippen molar-refractivity contribution >= 4 is 17.9 Å². The van der Waals surface area contributed by atoms with Crippen LogP contribution in [0.15, 0.2) is 22.3 Å². The van der Waals surface area contributed by atoms with Gasteiger partial charge in [0.2, 0.25) is 0 Å². The molecule has 2 heterocycles. The number of aliphatic hydroxyl groups is 1. The largest absolute Gasteiger partial charge is 0.466 e. The standard InChI is InChI=1S/C27H35NO7/c1-14-11-28-12-18-7-5-17-6-8-19-20(24(31)33-4)10-26(23(17)19)25(18,13-34-15(2)29)22(35-16(3)30)9-21(14)27(26,28)32/h14,18,21-22,32H,5-13H2,1-4H3/t14-,18?,21?,22?,25?,26-,27?/m1/s1. The fraction of sp³-hybridized carbons (Fsp3) is 0.741. The Balaban J connectivity index is 1.68. The van der Waals surface area contributed by atoms with Gasteiger partial charge in [-0.05, 0) is 61.5 Å². The van der Waals surface area contributed by atoms with Crippen LogP contribution in [0.2, 0.25) is 0 Å². The number of piperidine rings is 1. The van der Waals surface area contributed by atoms with Crippen molar-refractivity contribution in [1.29, 1.82) is 0 Å². The van der Waals surface area contributed by atoms with E-state index in [-0.39, 0.29) is 36.3 Å². The summed E-state index contributed by atoms with van der Waals surface area (Å²) < 4.78 is 17.2. The first-order valence-electron chi connectivity index (χ1n) is 12.9. The first-order valence-corrected chi connectivity index (χ1v) is 12.9. The van der Waals surface area contributed by atoms with Crippen LogP contribution in [-0.2, 0) is 28.6 Å². The van der Waals surface area contributed by atoms with Crippen molar-refractivity contribution in [2.75, 3.05) is 26.8 Å². The van der Waals surface area contributed by atoms with E-state index in [4.69, 9.17) is 14.2 Å². The molecule has 4 bridgehead atoms. The number of methoxy groups -OCH3 is 1. The lowest BCUT2D eigenvalue weighted by atomic mass is 9.40. The van der Waals surface area contributed by atoms with Gasteiger partial charge in [0, 0.05) is 38.4 Å². The Morgan fingerprint density at radius 2 is 1.89 bits per heavy atom. The second-order valence-electron chi connectivity index (χ2n) is 11.6. The number of carbonyl (C=O) groups is 3. The number of nitrogens with zero attached hydrogens (tertiary/aromatic N) is 1. The van der Waals surface area contributed by atoms with Gasteiger partial charge in [-0.2, -0.15) is 0 Å². The number of ether oxygens (including phenoxy) is 3.